The molecule has 0 heterocycles. The Morgan fingerprint density at radius 2 is 2.06 bits per heavy atom. The van der Waals surface area contributed by atoms with Crippen LogP contribution in [0.5, 0.6) is 0 Å². The Balaban J connectivity index is 2.58. The largest absolute Gasteiger partial charge is 0.481 e. The van der Waals surface area contributed by atoms with Crippen molar-refractivity contribution in [1.82, 2.24) is 4.90 Å². The number of hydrogen-bond donors (Lipinski definition) is 1. The molecule has 1 fully saturated rings. The van der Waals surface area contributed by atoms with Crippen LogP contribution < -0.4 is 0 Å². The summed E-state index contributed by atoms with van der Waals surface area (Å²) >= 11 is 0. The third-order valence-electron chi connectivity index (χ3n) is 4.23. The van der Waals surface area contributed by atoms with Crippen LogP contribution in [-0.4, -0.2) is 35.6 Å². The molecule has 1 rings (SSSR count). The van der Waals surface area contributed by atoms with E-state index in [1.807, 2.05) is 0 Å². The summed E-state index contributed by atoms with van der Waals surface area (Å²) < 4.78 is 0. The average molecular weight is 241 g/mol. The van der Waals surface area contributed by atoms with Gasteiger partial charge in [0.2, 0.25) is 0 Å². The second-order valence-corrected chi connectivity index (χ2v) is 6.02. The summed E-state index contributed by atoms with van der Waals surface area (Å²) in [4.78, 5) is 12.9. The number of rotatable bonds is 5. The van der Waals surface area contributed by atoms with E-state index in [0.29, 0.717) is 18.5 Å². The summed E-state index contributed by atoms with van der Waals surface area (Å²) in [6, 6.07) is 0.568. The van der Waals surface area contributed by atoms with Crippen molar-refractivity contribution in [1.29, 1.82) is 0 Å². The van der Waals surface area contributed by atoms with Gasteiger partial charge in [-0.05, 0) is 37.6 Å². The fraction of sp³-hybridized carbons (Fsp3) is 0.929. The van der Waals surface area contributed by atoms with Gasteiger partial charge >= 0.3 is 5.97 Å². The number of hydrogen-bond acceptors (Lipinski definition) is 2. The zero-order valence-corrected chi connectivity index (χ0v) is 11.6. The zero-order valence-electron chi connectivity index (χ0n) is 11.6. The average Bonchev–Trinajstić information content (AvgIpc) is 2.25. The maximum Gasteiger partial charge on any atom is 0.304 e. The Bertz CT molecular complexity index is 253. The molecule has 3 unspecified atom stereocenters. The number of nitrogens with zero attached hydrogens (tertiary/aromatic N) is 1. The van der Waals surface area contributed by atoms with Gasteiger partial charge in [0.25, 0.3) is 0 Å². The highest BCUT2D eigenvalue weighted by Gasteiger charge is 2.32. The number of aliphatic carboxylic acids is 1. The van der Waals surface area contributed by atoms with Gasteiger partial charge in [0.05, 0.1) is 6.42 Å². The molecule has 0 radical (unpaired) electrons. The van der Waals surface area contributed by atoms with Crippen LogP contribution in [0.15, 0.2) is 0 Å². The molecule has 0 aromatic heterocycles. The maximum absolute atomic E-state index is 10.6. The van der Waals surface area contributed by atoms with E-state index >= 15 is 0 Å². The highest BCUT2D eigenvalue weighted by Crippen LogP contribution is 2.35. The molecule has 0 bridgehead atoms. The minimum absolute atomic E-state index is 0.256. The van der Waals surface area contributed by atoms with Crippen molar-refractivity contribution in [2.45, 2.75) is 52.5 Å². The fourth-order valence-corrected chi connectivity index (χ4v) is 3.10. The molecular weight excluding hydrogens is 214 g/mol. The monoisotopic (exact) mass is 241 g/mol. The van der Waals surface area contributed by atoms with Gasteiger partial charge in [0.15, 0.2) is 0 Å². The molecule has 0 aromatic rings. The molecule has 0 amide bonds. The SMILES string of the molecule is CC1CCC(C(C)C)C(N(C)CCC(=O)O)C1. The molecule has 1 N–H and O–H groups in total. The van der Waals surface area contributed by atoms with Gasteiger partial charge < -0.3 is 10.0 Å². The maximum atomic E-state index is 10.6. The first-order valence-electron chi connectivity index (χ1n) is 6.83. The standard InChI is InChI=1S/C14H27NO2/c1-10(2)12-6-5-11(3)9-13(12)15(4)8-7-14(16)17/h10-13H,5-9H2,1-4H3,(H,16,17). The van der Waals surface area contributed by atoms with Crippen molar-refractivity contribution in [3.8, 4) is 0 Å². The zero-order chi connectivity index (χ0) is 13.0. The third kappa shape index (κ3) is 4.30. The summed E-state index contributed by atoms with van der Waals surface area (Å²) in [5.74, 6) is 1.51. The van der Waals surface area contributed by atoms with Crippen molar-refractivity contribution in [3.05, 3.63) is 0 Å². The van der Waals surface area contributed by atoms with E-state index in [9.17, 15) is 4.79 Å². The second-order valence-electron chi connectivity index (χ2n) is 6.02. The number of carboxylic acid groups (broad SMARTS) is 1. The van der Waals surface area contributed by atoms with E-state index in [0.717, 1.165) is 11.8 Å². The first-order chi connectivity index (χ1) is 7.91. The highest BCUT2D eigenvalue weighted by molar-refractivity contribution is 5.66. The predicted octanol–water partition coefficient (Wildman–Crippen LogP) is 2.85. The summed E-state index contributed by atoms with van der Waals surface area (Å²) in [5, 5.41) is 8.76. The molecule has 1 saturated carbocycles. The Labute approximate surface area is 105 Å². The third-order valence-corrected chi connectivity index (χ3v) is 4.23. The highest BCUT2D eigenvalue weighted by atomic mass is 16.4. The molecule has 1 aliphatic carbocycles. The van der Waals surface area contributed by atoms with E-state index in [1.165, 1.54) is 19.3 Å². The molecule has 0 saturated heterocycles. The minimum atomic E-state index is -0.693. The Morgan fingerprint density at radius 3 is 2.59 bits per heavy atom. The van der Waals surface area contributed by atoms with Gasteiger partial charge in [-0.15, -0.1) is 0 Å². The van der Waals surface area contributed by atoms with Crippen molar-refractivity contribution in [2.24, 2.45) is 17.8 Å². The van der Waals surface area contributed by atoms with E-state index in [-0.39, 0.29) is 6.42 Å². The Morgan fingerprint density at radius 1 is 1.41 bits per heavy atom. The van der Waals surface area contributed by atoms with Crippen LogP contribution in [0.25, 0.3) is 0 Å². The van der Waals surface area contributed by atoms with E-state index in [1.54, 1.807) is 0 Å². The molecule has 0 aliphatic heterocycles. The molecule has 0 aromatic carbocycles. The fourth-order valence-electron chi connectivity index (χ4n) is 3.10. The van der Waals surface area contributed by atoms with Crippen LogP contribution in [0.1, 0.15) is 46.5 Å². The van der Waals surface area contributed by atoms with E-state index in [4.69, 9.17) is 5.11 Å². The van der Waals surface area contributed by atoms with Crippen LogP contribution in [-0.2, 0) is 4.79 Å². The van der Waals surface area contributed by atoms with Crippen molar-refractivity contribution in [2.75, 3.05) is 13.6 Å². The Kier molecular flexibility index (Phi) is 5.44. The molecule has 3 nitrogen and oxygen atoms in total. The molecule has 100 valence electrons. The molecule has 1 aliphatic rings. The molecule has 3 atom stereocenters. The van der Waals surface area contributed by atoms with Crippen LogP contribution in [0.2, 0.25) is 0 Å². The lowest BCUT2D eigenvalue weighted by Gasteiger charge is -2.42. The molecule has 0 spiro atoms. The first-order valence-corrected chi connectivity index (χ1v) is 6.83. The molecule has 17 heavy (non-hydrogen) atoms. The molecular formula is C14H27NO2. The van der Waals surface area contributed by atoms with Crippen molar-refractivity contribution < 1.29 is 9.90 Å². The van der Waals surface area contributed by atoms with Gasteiger partial charge in [0, 0.05) is 12.6 Å². The topological polar surface area (TPSA) is 40.5 Å². The van der Waals surface area contributed by atoms with Gasteiger partial charge in [0.1, 0.15) is 0 Å². The minimum Gasteiger partial charge on any atom is -0.481 e. The van der Waals surface area contributed by atoms with Crippen molar-refractivity contribution in [3.63, 3.8) is 0 Å². The Hall–Kier alpha value is -0.570. The van der Waals surface area contributed by atoms with E-state index in [2.05, 4.69) is 32.7 Å². The lowest BCUT2D eigenvalue weighted by Crippen LogP contribution is -2.44. The smallest absolute Gasteiger partial charge is 0.304 e. The first kappa shape index (κ1) is 14.5. The predicted molar refractivity (Wildman–Crippen MR) is 70.0 cm³/mol. The lowest BCUT2D eigenvalue weighted by molar-refractivity contribution is -0.137. The number of carboxylic acids is 1. The number of carbonyl (C=O) groups is 1. The quantitative estimate of drug-likeness (QED) is 0.804. The van der Waals surface area contributed by atoms with Crippen LogP contribution in [0.3, 0.4) is 0 Å². The second kappa shape index (κ2) is 6.39. The van der Waals surface area contributed by atoms with E-state index < -0.39 is 5.97 Å². The van der Waals surface area contributed by atoms with Gasteiger partial charge in [-0.2, -0.15) is 0 Å². The summed E-state index contributed by atoms with van der Waals surface area (Å²) in [6.45, 7) is 7.57. The van der Waals surface area contributed by atoms with Gasteiger partial charge in [-0.1, -0.05) is 27.2 Å². The summed E-state index contributed by atoms with van der Waals surface area (Å²) in [6.07, 6.45) is 4.10. The normalized spacial score (nSPS) is 29.9. The van der Waals surface area contributed by atoms with Crippen LogP contribution >= 0.6 is 0 Å². The van der Waals surface area contributed by atoms with Gasteiger partial charge in [-0.25, -0.2) is 0 Å². The summed E-state index contributed by atoms with van der Waals surface area (Å²) in [5.41, 5.74) is 0. The summed E-state index contributed by atoms with van der Waals surface area (Å²) in [7, 11) is 2.08. The van der Waals surface area contributed by atoms with Gasteiger partial charge in [-0.3, -0.25) is 4.79 Å². The van der Waals surface area contributed by atoms with Crippen LogP contribution in [0.4, 0.5) is 0 Å². The van der Waals surface area contributed by atoms with Crippen molar-refractivity contribution >= 4 is 5.97 Å². The van der Waals surface area contributed by atoms with Crippen LogP contribution in [0, 0.1) is 17.8 Å². The molecule has 3 heteroatoms. The lowest BCUT2D eigenvalue weighted by atomic mass is 9.73.